The molecule has 3 nitrogen and oxygen atoms in total. The number of aryl methyl sites for hydroxylation is 2. The second-order valence-electron chi connectivity index (χ2n) is 4.74. The molecule has 2 heterocycles. The predicted octanol–water partition coefficient (Wildman–Crippen LogP) is 2.46. The molecule has 1 saturated heterocycles. The molecular formula is C13H20N2OS. The van der Waals surface area contributed by atoms with E-state index in [1.807, 2.05) is 29.6 Å². The zero-order chi connectivity index (χ0) is 12.1. The highest BCUT2D eigenvalue weighted by Crippen LogP contribution is 2.25. The van der Waals surface area contributed by atoms with E-state index in [0.717, 1.165) is 18.5 Å². The summed E-state index contributed by atoms with van der Waals surface area (Å²) in [6.07, 6.45) is 6.53. The summed E-state index contributed by atoms with van der Waals surface area (Å²) in [6.45, 7) is 0. The van der Waals surface area contributed by atoms with Crippen molar-refractivity contribution in [3.8, 4) is 0 Å². The number of Topliss-reactive ketones (excluding diaryl/α,β-unsaturated/α-hetero) is 1. The number of ketones is 1. The number of hydrogen-bond acceptors (Lipinski definition) is 3. The van der Waals surface area contributed by atoms with Gasteiger partial charge in [-0.3, -0.25) is 9.48 Å². The molecule has 94 valence electrons. The van der Waals surface area contributed by atoms with E-state index >= 15 is 0 Å². The van der Waals surface area contributed by atoms with Crippen LogP contribution in [-0.2, 0) is 18.3 Å². The molecule has 1 aliphatic heterocycles. The third-order valence-corrected chi connectivity index (χ3v) is 4.49. The van der Waals surface area contributed by atoms with Crippen LogP contribution in [0.5, 0.6) is 0 Å². The average molecular weight is 252 g/mol. The molecule has 2 rings (SSSR count). The number of rotatable bonds is 5. The number of aromatic nitrogens is 2. The van der Waals surface area contributed by atoms with E-state index in [4.69, 9.17) is 0 Å². The van der Waals surface area contributed by atoms with E-state index in [9.17, 15) is 4.79 Å². The Hall–Kier alpha value is -0.770. The molecule has 0 aliphatic carbocycles. The SMILES string of the molecule is Cn1nccc1CCC(=O)CC1CCSCC1. The maximum absolute atomic E-state index is 11.9. The minimum atomic E-state index is 0.420. The van der Waals surface area contributed by atoms with Gasteiger partial charge in [0.2, 0.25) is 0 Å². The smallest absolute Gasteiger partial charge is 0.133 e. The molecule has 0 bridgehead atoms. The summed E-state index contributed by atoms with van der Waals surface area (Å²) in [5.41, 5.74) is 1.15. The molecule has 1 aromatic rings. The van der Waals surface area contributed by atoms with Crippen molar-refractivity contribution in [1.29, 1.82) is 0 Å². The molecular weight excluding hydrogens is 232 g/mol. The lowest BCUT2D eigenvalue weighted by molar-refractivity contribution is -0.120. The van der Waals surface area contributed by atoms with Crippen LogP contribution in [0, 0.1) is 5.92 Å². The average Bonchev–Trinajstić information content (AvgIpc) is 2.74. The van der Waals surface area contributed by atoms with Gasteiger partial charge in [0.15, 0.2) is 0 Å². The Labute approximate surface area is 107 Å². The summed E-state index contributed by atoms with van der Waals surface area (Å²) >= 11 is 2.02. The number of nitrogens with zero attached hydrogens (tertiary/aromatic N) is 2. The lowest BCUT2D eigenvalue weighted by Gasteiger charge is -2.20. The molecule has 1 aromatic heterocycles. The van der Waals surface area contributed by atoms with Crippen molar-refractivity contribution in [2.75, 3.05) is 11.5 Å². The summed E-state index contributed by atoms with van der Waals surface area (Å²) in [4.78, 5) is 11.9. The zero-order valence-electron chi connectivity index (χ0n) is 10.4. The molecule has 0 radical (unpaired) electrons. The van der Waals surface area contributed by atoms with Crippen molar-refractivity contribution in [2.45, 2.75) is 32.1 Å². The van der Waals surface area contributed by atoms with Gasteiger partial charge < -0.3 is 0 Å². The Kier molecular flexibility index (Phi) is 4.66. The van der Waals surface area contributed by atoms with E-state index in [1.165, 1.54) is 24.3 Å². The molecule has 1 fully saturated rings. The van der Waals surface area contributed by atoms with Crippen LogP contribution in [0.4, 0.5) is 0 Å². The van der Waals surface area contributed by atoms with Gasteiger partial charge in [-0.15, -0.1) is 0 Å². The number of carbonyl (C=O) groups excluding carboxylic acids is 1. The minimum Gasteiger partial charge on any atom is -0.300 e. The van der Waals surface area contributed by atoms with Crippen molar-refractivity contribution in [2.24, 2.45) is 13.0 Å². The van der Waals surface area contributed by atoms with Crippen LogP contribution in [0.25, 0.3) is 0 Å². The van der Waals surface area contributed by atoms with Gasteiger partial charge in [0.25, 0.3) is 0 Å². The third-order valence-electron chi connectivity index (χ3n) is 3.44. The molecule has 4 heteroatoms. The second kappa shape index (κ2) is 6.24. The third kappa shape index (κ3) is 3.87. The van der Waals surface area contributed by atoms with Gasteiger partial charge in [-0.2, -0.15) is 16.9 Å². The highest BCUT2D eigenvalue weighted by molar-refractivity contribution is 7.99. The summed E-state index contributed by atoms with van der Waals surface area (Å²) in [6, 6.07) is 1.99. The topological polar surface area (TPSA) is 34.9 Å². The first kappa shape index (κ1) is 12.7. The highest BCUT2D eigenvalue weighted by Gasteiger charge is 2.17. The van der Waals surface area contributed by atoms with Crippen molar-refractivity contribution < 1.29 is 4.79 Å². The second-order valence-corrected chi connectivity index (χ2v) is 5.97. The van der Waals surface area contributed by atoms with E-state index in [0.29, 0.717) is 18.1 Å². The summed E-state index contributed by atoms with van der Waals surface area (Å²) in [7, 11) is 1.93. The largest absolute Gasteiger partial charge is 0.300 e. The lowest BCUT2D eigenvalue weighted by atomic mass is 9.94. The number of hydrogen-bond donors (Lipinski definition) is 0. The Morgan fingerprint density at radius 1 is 1.53 bits per heavy atom. The van der Waals surface area contributed by atoms with Crippen LogP contribution in [0.3, 0.4) is 0 Å². The first-order valence-corrected chi connectivity index (χ1v) is 7.47. The Morgan fingerprint density at radius 3 is 2.94 bits per heavy atom. The lowest BCUT2D eigenvalue weighted by Crippen LogP contribution is -2.15. The molecule has 1 aliphatic rings. The van der Waals surface area contributed by atoms with Crippen molar-refractivity contribution in [3.63, 3.8) is 0 Å². The minimum absolute atomic E-state index is 0.420. The van der Waals surface area contributed by atoms with Crippen LogP contribution in [0.2, 0.25) is 0 Å². The normalized spacial score (nSPS) is 17.2. The maximum atomic E-state index is 11.9. The Morgan fingerprint density at radius 2 is 2.29 bits per heavy atom. The molecule has 0 aromatic carbocycles. The summed E-state index contributed by atoms with van der Waals surface area (Å²) in [5, 5.41) is 4.11. The quantitative estimate of drug-likeness (QED) is 0.807. The molecule has 0 spiro atoms. The van der Waals surface area contributed by atoms with Gasteiger partial charge in [0, 0.05) is 31.8 Å². The van der Waals surface area contributed by atoms with Gasteiger partial charge in [0.05, 0.1) is 0 Å². The van der Waals surface area contributed by atoms with Crippen molar-refractivity contribution >= 4 is 17.5 Å². The van der Waals surface area contributed by atoms with E-state index in [1.54, 1.807) is 6.20 Å². The number of carbonyl (C=O) groups is 1. The van der Waals surface area contributed by atoms with E-state index in [-0.39, 0.29) is 0 Å². The molecule has 17 heavy (non-hydrogen) atoms. The number of thioether (sulfide) groups is 1. The fourth-order valence-corrected chi connectivity index (χ4v) is 3.49. The van der Waals surface area contributed by atoms with Gasteiger partial charge in [-0.25, -0.2) is 0 Å². The maximum Gasteiger partial charge on any atom is 0.133 e. The van der Waals surface area contributed by atoms with Crippen LogP contribution in [0.15, 0.2) is 12.3 Å². The first-order valence-electron chi connectivity index (χ1n) is 6.32. The monoisotopic (exact) mass is 252 g/mol. The van der Waals surface area contributed by atoms with Crippen molar-refractivity contribution in [3.05, 3.63) is 18.0 Å². The molecule has 0 N–H and O–H groups in total. The van der Waals surface area contributed by atoms with Crippen LogP contribution < -0.4 is 0 Å². The van der Waals surface area contributed by atoms with Gasteiger partial charge in [-0.1, -0.05) is 0 Å². The van der Waals surface area contributed by atoms with Gasteiger partial charge >= 0.3 is 0 Å². The van der Waals surface area contributed by atoms with Crippen LogP contribution >= 0.6 is 11.8 Å². The van der Waals surface area contributed by atoms with Crippen molar-refractivity contribution in [1.82, 2.24) is 9.78 Å². The fraction of sp³-hybridized carbons (Fsp3) is 0.692. The van der Waals surface area contributed by atoms with Gasteiger partial charge in [0.1, 0.15) is 5.78 Å². The molecule has 0 atom stereocenters. The summed E-state index contributed by atoms with van der Waals surface area (Å²) < 4.78 is 1.85. The van der Waals surface area contributed by atoms with Crippen LogP contribution in [-0.4, -0.2) is 27.1 Å². The first-order chi connectivity index (χ1) is 8.25. The predicted molar refractivity (Wildman–Crippen MR) is 71.2 cm³/mol. The standard InChI is InChI=1S/C13H20N2OS/c1-15-12(4-7-14-15)2-3-13(16)10-11-5-8-17-9-6-11/h4,7,11H,2-3,5-6,8-10H2,1H3. The van der Waals surface area contributed by atoms with E-state index < -0.39 is 0 Å². The molecule has 0 saturated carbocycles. The summed E-state index contributed by atoms with van der Waals surface area (Å²) in [5.74, 6) is 3.54. The fourth-order valence-electron chi connectivity index (χ4n) is 2.29. The highest BCUT2D eigenvalue weighted by atomic mass is 32.2. The van der Waals surface area contributed by atoms with Crippen LogP contribution in [0.1, 0.15) is 31.4 Å². The Bertz CT molecular complexity index is 369. The Balaban J connectivity index is 1.72. The molecule has 0 amide bonds. The van der Waals surface area contributed by atoms with Gasteiger partial charge in [-0.05, 0) is 42.8 Å². The molecule has 0 unspecified atom stereocenters. The zero-order valence-corrected chi connectivity index (χ0v) is 11.2. The van der Waals surface area contributed by atoms with E-state index in [2.05, 4.69) is 5.10 Å².